The Hall–Kier alpha value is -1.39. The number of hydrogen-bond donors (Lipinski definition) is 0. The van der Waals surface area contributed by atoms with E-state index in [0.717, 1.165) is 22.6 Å². The Balaban J connectivity index is 2.69. The van der Waals surface area contributed by atoms with Gasteiger partial charge in [-0.05, 0) is 6.42 Å². The Labute approximate surface area is 82.7 Å². The van der Waals surface area contributed by atoms with Gasteiger partial charge < -0.3 is 0 Å². The summed E-state index contributed by atoms with van der Waals surface area (Å²) in [5, 5.41) is 0. The molecule has 1 fully saturated rings. The number of urea groups is 1. The fraction of sp³-hybridized carbons (Fsp3) is 0.667. The number of carbonyl (C=O) groups excluding carboxylic acids is 3. The molecule has 4 amide bonds. The van der Waals surface area contributed by atoms with E-state index in [1.165, 1.54) is 7.05 Å². The summed E-state index contributed by atoms with van der Waals surface area (Å²) in [6, 6.07) is -0.500. The van der Waals surface area contributed by atoms with E-state index in [1.807, 2.05) is 6.92 Å². The average Bonchev–Trinajstić information content (AvgIpc) is 2.14. The smallest absolute Gasteiger partial charge is 0.274 e. The third-order valence-corrected chi connectivity index (χ3v) is 2.23. The lowest BCUT2D eigenvalue weighted by atomic mass is 10.2. The van der Waals surface area contributed by atoms with Crippen LogP contribution in [-0.2, 0) is 9.59 Å². The van der Waals surface area contributed by atoms with Crippen LogP contribution in [0.5, 0.6) is 0 Å². The SMILES string of the molecule is CCCCN1C(=O)CC(=O)N(C)C1=O. The van der Waals surface area contributed by atoms with Gasteiger partial charge in [0.1, 0.15) is 6.42 Å². The Morgan fingerprint density at radius 2 is 1.86 bits per heavy atom. The van der Waals surface area contributed by atoms with Crippen LogP contribution in [0.3, 0.4) is 0 Å². The molecule has 0 aromatic heterocycles. The van der Waals surface area contributed by atoms with Crippen LogP contribution in [0.1, 0.15) is 26.2 Å². The molecule has 1 aliphatic heterocycles. The summed E-state index contributed by atoms with van der Waals surface area (Å²) >= 11 is 0. The highest BCUT2D eigenvalue weighted by Crippen LogP contribution is 2.10. The molecule has 1 aliphatic rings. The van der Waals surface area contributed by atoms with E-state index >= 15 is 0 Å². The summed E-state index contributed by atoms with van der Waals surface area (Å²) in [7, 11) is 1.40. The van der Waals surface area contributed by atoms with Crippen molar-refractivity contribution in [1.29, 1.82) is 0 Å². The molecule has 0 saturated carbocycles. The summed E-state index contributed by atoms with van der Waals surface area (Å²) in [6.45, 7) is 2.39. The van der Waals surface area contributed by atoms with Gasteiger partial charge in [0.25, 0.3) is 0 Å². The van der Waals surface area contributed by atoms with Crippen molar-refractivity contribution in [3.05, 3.63) is 0 Å². The molecule has 0 aromatic carbocycles. The minimum absolute atomic E-state index is 0.189. The van der Waals surface area contributed by atoms with Crippen molar-refractivity contribution in [2.24, 2.45) is 0 Å². The topological polar surface area (TPSA) is 57.7 Å². The van der Waals surface area contributed by atoms with Gasteiger partial charge in [0.15, 0.2) is 0 Å². The largest absolute Gasteiger partial charge is 0.333 e. The first-order valence-electron chi connectivity index (χ1n) is 4.68. The fourth-order valence-electron chi connectivity index (χ4n) is 1.27. The van der Waals surface area contributed by atoms with E-state index in [0.29, 0.717) is 6.54 Å². The van der Waals surface area contributed by atoms with Crippen LogP contribution in [0, 0.1) is 0 Å². The van der Waals surface area contributed by atoms with Gasteiger partial charge in [0.05, 0.1) is 0 Å². The number of nitrogens with zero attached hydrogens (tertiary/aromatic N) is 2. The molecule has 0 radical (unpaired) electrons. The van der Waals surface area contributed by atoms with Crippen molar-refractivity contribution in [2.45, 2.75) is 26.2 Å². The van der Waals surface area contributed by atoms with Crippen molar-refractivity contribution in [1.82, 2.24) is 9.80 Å². The Morgan fingerprint density at radius 1 is 1.21 bits per heavy atom. The van der Waals surface area contributed by atoms with Crippen LogP contribution < -0.4 is 0 Å². The maximum absolute atomic E-state index is 11.5. The number of carbonyl (C=O) groups is 3. The number of amides is 4. The highest BCUT2D eigenvalue weighted by molar-refractivity contribution is 6.13. The quantitative estimate of drug-likeness (QED) is 0.624. The number of hydrogen-bond acceptors (Lipinski definition) is 3. The van der Waals surface area contributed by atoms with Gasteiger partial charge in [-0.3, -0.25) is 19.4 Å². The zero-order valence-corrected chi connectivity index (χ0v) is 8.45. The summed E-state index contributed by atoms with van der Waals surface area (Å²) in [5.41, 5.74) is 0. The molecule has 78 valence electrons. The van der Waals surface area contributed by atoms with Crippen molar-refractivity contribution in [2.75, 3.05) is 13.6 Å². The second-order valence-electron chi connectivity index (χ2n) is 3.31. The van der Waals surface area contributed by atoms with Crippen LogP contribution >= 0.6 is 0 Å². The molecule has 1 heterocycles. The van der Waals surface area contributed by atoms with Crippen molar-refractivity contribution >= 4 is 17.8 Å². The van der Waals surface area contributed by atoms with Gasteiger partial charge in [-0.15, -0.1) is 0 Å². The molecule has 0 N–H and O–H groups in total. The van der Waals surface area contributed by atoms with Crippen LogP contribution in [0.15, 0.2) is 0 Å². The first-order valence-corrected chi connectivity index (χ1v) is 4.68. The van der Waals surface area contributed by atoms with Crippen LogP contribution in [0.2, 0.25) is 0 Å². The Morgan fingerprint density at radius 3 is 2.43 bits per heavy atom. The molecule has 0 unspecified atom stereocenters. The summed E-state index contributed by atoms with van der Waals surface area (Å²) in [4.78, 5) is 36.0. The van der Waals surface area contributed by atoms with Crippen molar-refractivity contribution in [3.8, 4) is 0 Å². The van der Waals surface area contributed by atoms with E-state index in [-0.39, 0.29) is 12.3 Å². The van der Waals surface area contributed by atoms with Gasteiger partial charge in [-0.2, -0.15) is 0 Å². The Bertz CT molecular complexity index is 275. The summed E-state index contributed by atoms with van der Waals surface area (Å²) < 4.78 is 0. The minimum Gasteiger partial charge on any atom is -0.274 e. The molecule has 0 bridgehead atoms. The molecule has 14 heavy (non-hydrogen) atoms. The highest BCUT2D eigenvalue weighted by atomic mass is 16.2. The van der Waals surface area contributed by atoms with E-state index in [1.54, 1.807) is 0 Å². The minimum atomic E-state index is -0.500. The van der Waals surface area contributed by atoms with Crippen molar-refractivity contribution in [3.63, 3.8) is 0 Å². The van der Waals surface area contributed by atoms with Gasteiger partial charge in [0, 0.05) is 13.6 Å². The van der Waals surface area contributed by atoms with E-state index in [9.17, 15) is 14.4 Å². The highest BCUT2D eigenvalue weighted by Gasteiger charge is 2.34. The monoisotopic (exact) mass is 198 g/mol. The number of unbranched alkanes of at least 4 members (excludes halogenated alkanes) is 1. The lowest BCUT2D eigenvalue weighted by molar-refractivity contribution is -0.141. The van der Waals surface area contributed by atoms with Gasteiger partial charge in [-0.1, -0.05) is 13.3 Å². The maximum atomic E-state index is 11.5. The predicted octanol–water partition coefficient (Wildman–Crippen LogP) is 0.597. The first-order chi connectivity index (χ1) is 6.57. The zero-order chi connectivity index (χ0) is 10.7. The van der Waals surface area contributed by atoms with E-state index < -0.39 is 11.9 Å². The zero-order valence-electron chi connectivity index (χ0n) is 8.45. The van der Waals surface area contributed by atoms with Crippen LogP contribution in [0.4, 0.5) is 4.79 Å². The van der Waals surface area contributed by atoms with Crippen LogP contribution in [0.25, 0.3) is 0 Å². The Kier molecular flexibility index (Phi) is 3.22. The molecule has 0 atom stereocenters. The van der Waals surface area contributed by atoms with Gasteiger partial charge in [0.2, 0.25) is 11.8 Å². The summed E-state index contributed by atoms with van der Waals surface area (Å²) in [6.07, 6.45) is 1.50. The standard InChI is InChI=1S/C9H14N2O3/c1-3-4-5-11-8(13)6-7(12)10(2)9(11)14/h3-6H2,1-2H3. The number of rotatable bonds is 3. The van der Waals surface area contributed by atoms with Gasteiger partial charge >= 0.3 is 6.03 Å². The van der Waals surface area contributed by atoms with E-state index in [2.05, 4.69) is 0 Å². The predicted molar refractivity (Wildman–Crippen MR) is 49.4 cm³/mol. The fourth-order valence-corrected chi connectivity index (χ4v) is 1.27. The second-order valence-corrected chi connectivity index (χ2v) is 3.31. The molecule has 1 rings (SSSR count). The molecule has 0 spiro atoms. The molecule has 0 aliphatic carbocycles. The lowest BCUT2D eigenvalue weighted by Gasteiger charge is -2.30. The molecule has 5 nitrogen and oxygen atoms in total. The molecule has 0 aromatic rings. The molecular formula is C9H14N2O3. The van der Waals surface area contributed by atoms with Crippen molar-refractivity contribution < 1.29 is 14.4 Å². The molecule has 5 heteroatoms. The lowest BCUT2D eigenvalue weighted by Crippen LogP contribution is -2.53. The molecular weight excluding hydrogens is 184 g/mol. The van der Waals surface area contributed by atoms with Crippen LogP contribution in [-0.4, -0.2) is 41.2 Å². The maximum Gasteiger partial charge on any atom is 0.333 e. The summed E-state index contributed by atoms with van der Waals surface area (Å²) in [5.74, 6) is -0.806. The first kappa shape index (κ1) is 10.7. The number of imide groups is 2. The number of barbiturate groups is 1. The van der Waals surface area contributed by atoms with Gasteiger partial charge in [-0.25, -0.2) is 4.79 Å². The molecule has 1 saturated heterocycles. The van der Waals surface area contributed by atoms with E-state index in [4.69, 9.17) is 0 Å². The normalized spacial score (nSPS) is 18.0. The third-order valence-electron chi connectivity index (χ3n) is 2.23. The third kappa shape index (κ3) is 1.92. The second kappa shape index (κ2) is 4.21. The average molecular weight is 198 g/mol.